The van der Waals surface area contributed by atoms with Crippen molar-refractivity contribution >= 4 is 17.2 Å². The maximum absolute atomic E-state index is 12.6. The molecular weight excluding hydrogens is 356 g/mol. The average molecular weight is 381 g/mol. The number of aryl methyl sites for hydroxylation is 2. The second kappa shape index (κ2) is 8.35. The maximum atomic E-state index is 12.6. The summed E-state index contributed by atoms with van der Waals surface area (Å²) in [5.74, 6) is 0.887. The van der Waals surface area contributed by atoms with Crippen LogP contribution in [0.4, 0.5) is 0 Å². The van der Waals surface area contributed by atoms with E-state index < -0.39 is 0 Å². The van der Waals surface area contributed by atoms with E-state index in [2.05, 4.69) is 24.9 Å². The van der Waals surface area contributed by atoms with Gasteiger partial charge in [-0.15, -0.1) is 11.3 Å². The molecule has 0 N–H and O–H groups in total. The highest BCUT2D eigenvalue weighted by molar-refractivity contribution is 7.09. The molecule has 0 spiro atoms. The Bertz CT molecular complexity index is 949. The van der Waals surface area contributed by atoms with Gasteiger partial charge in [0.25, 0.3) is 5.91 Å². The highest BCUT2D eigenvalue weighted by Crippen LogP contribution is 2.22. The molecule has 0 saturated carbocycles. The third kappa shape index (κ3) is 4.74. The highest BCUT2D eigenvalue weighted by Gasteiger charge is 2.14. The predicted molar refractivity (Wildman–Crippen MR) is 109 cm³/mol. The molecule has 1 aromatic heterocycles. The van der Waals surface area contributed by atoms with E-state index in [1.54, 1.807) is 23.3 Å². The van der Waals surface area contributed by atoms with Gasteiger partial charge < -0.3 is 9.64 Å². The van der Waals surface area contributed by atoms with Gasteiger partial charge in [0, 0.05) is 18.0 Å². The van der Waals surface area contributed by atoms with Crippen molar-refractivity contribution in [2.45, 2.75) is 33.9 Å². The van der Waals surface area contributed by atoms with Gasteiger partial charge in [-0.25, -0.2) is 4.98 Å². The average Bonchev–Trinajstić information content (AvgIpc) is 3.09. The van der Waals surface area contributed by atoms with Crippen molar-refractivity contribution in [3.63, 3.8) is 0 Å². The van der Waals surface area contributed by atoms with Crippen molar-refractivity contribution in [3.05, 3.63) is 80.8 Å². The van der Waals surface area contributed by atoms with E-state index in [0.29, 0.717) is 18.7 Å². The van der Waals surface area contributed by atoms with Crippen LogP contribution in [0.15, 0.2) is 47.8 Å². The number of hydrogen-bond donors (Lipinski definition) is 0. The molecule has 1 heterocycles. The lowest BCUT2D eigenvalue weighted by atomic mass is 10.1. The number of amides is 1. The largest absolute Gasteiger partial charge is 0.486 e. The van der Waals surface area contributed by atoms with Gasteiger partial charge in [0.05, 0.1) is 12.2 Å². The normalized spacial score (nSPS) is 10.7. The van der Waals surface area contributed by atoms with E-state index in [-0.39, 0.29) is 5.91 Å². The van der Waals surface area contributed by atoms with Crippen molar-refractivity contribution < 1.29 is 9.53 Å². The van der Waals surface area contributed by atoms with Crippen molar-refractivity contribution in [1.29, 1.82) is 0 Å². The fourth-order valence-corrected chi connectivity index (χ4v) is 3.52. The molecular formula is C22H24N2O2S. The minimum Gasteiger partial charge on any atom is -0.486 e. The van der Waals surface area contributed by atoms with Crippen LogP contribution in [0.25, 0.3) is 0 Å². The molecule has 3 aromatic rings. The van der Waals surface area contributed by atoms with E-state index in [4.69, 9.17) is 4.74 Å². The summed E-state index contributed by atoms with van der Waals surface area (Å²) in [7, 11) is 1.80. The smallest absolute Gasteiger partial charge is 0.253 e. The van der Waals surface area contributed by atoms with Crippen LogP contribution in [-0.4, -0.2) is 22.8 Å². The van der Waals surface area contributed by atoms with Gasteiger partial charge in [0.2, 0.25) is 0 Å². The highest BCUT2D eigenvalue weighted by atomic mass is 32.1. The van der Waals surface area contributed by atoms with Crippen molar-refractivity contribution in [2.24, 2.45) is 0 Å². The fourth-order valence-electron chi connectivity index (χ4n) is 2.82. The Morgan fingerprint density at radius 3 is 2.70 bits per heavy atom. The Hall–Kier alpha value is -2.66. The standard InChI is InChI=1S/C22H24N2O2S/c1-15-7-5-9-18(11-15)22(25)24(4)12-19-14-27-21(23-19)13-26-20-10-6-8-16(2)17(20)3/h5-11,14H,12-13H2,1-4H3. The molecule has 27 heavy (non-hydrogen) atoms. The van der Waals surface area contributed by atoms with Gasteiger partial charge >= 0.3 is 0 Å². The maximum Gasteiger partial charge on any atom is 0.253 e. The Kier molecular flexibility index (Phi) is 5.91. The van der Waals surface area contributed by atoms with E-state index in [1.807, 2.05) is 48.7 Å². The Morgan fingerprint density at radius 1 is 1.15 bits per heavy atom. The third-order valence-electron chi connectivity index (χ3n) is 4.52. The lowest BCUT2D eigenvalue weighted by Gasteiger charge is -2.16. The van der Waals surface area contributed by atoms with Crippen LogP contribution in [0.3, 0.4) is 0 Å². The summed E-state index contributed by atoms with van der Waals surface area (Å²) in [5.41, 5.74) is 5.02. The number of aromatic nitrogens is 1. The first-order valence-corrected chi connectivity index (χ1v) is 9.76. The van der Waals surface area contributed by atoms with Crippen molar-refractivity contribution in [1.82, 2.24) is 9.88 Å². The van der Waals surface area contributed by atoms with E-state index in [0.717, 1.165) is 27.6 Å². The third-order valence-corrected chi connectivity index (χ3v) is 5.39. The van der Waals surface area contributed by atoms with Crippen molar-refractivity contribution in [2.75, 3.05) is 7.05 Å². The molecule has 2 aromatic carbocycles. The van der Waals surface area contributed by atoms with Crippen LogP contribution in [0.1, 0.15) is 37.7 Å². The summed E-state index contributed by atoms with van der Waals surface area (Å²) in [6, 6.07) is 13.7. The Balaban J connectivity index is 1.60. The monoisotopic (exact) mass is 380 g/mol. The zero-order valence-electron chi connectivity index (χ0n) is 16.2. The molecule has 0 fully saturated rings. The van der Waals surface area contributed by atoms with Gasteiger partial charge in [-0.1, -0.05) is 29.8 Å². The topological polar surface area (TPSA) is 42.4 Å². The zero-order chi connectivity index (χ0) is 19.4. The summed E-state index contributed by atoms with van der Waals surface area (Å²) in [6.07, 6.45) is 0. The molecule has 3 rings (SSSR count). The first-order chi connectivity index (χ1) is 12.9. The first kappa shape index (κ1) is 19.1. The SMILES string of the molecule is Cc1cccc(C(=O)N(C)Cc2csc(COc3cccc(C)c3C)n2)c1. The van der Waals surface area contributed by atoms with E-state index in [1.165, 1.54) is 5.56 Å². The Morgan fingerprint density at radius 2 is 1.93 bits per heavy atom. The van der Waals surface area contributed by atoms with Gasteiger partial charge in [0.15, 0.2) is 0 Å². The summed E-state index contributed by atoms with van der Waals surface area (Å²) in [5, 5.41) is 2.89. The van der Waals surface area contributed by atoms with E-state index >= 15 is 0 Å². The summed E-state index contributed by atoms with van der Waals surface area (Å²) < 4.78 is 5.92. The lowest BCUT2D eigenvalue weighted by Crippen LogP contribution is -2.26. The molecule has 0 aliphatic rings. The second-order valence-electron chi connectivity index (χ2n) is 6.75. The van der Waals surface area contributed by atoms with Crippen LogP contribution in [0, 0.1) is 20.8 Å². The minimum atomic E-state index is -0.000106. The molecule has 1 amide bonds. The molecule has 0 aliphatic heterocycles. The predicted octanol–water partition coefficient (Wildman–Crippen LogP) is 4.92. The van der Waals surface area contributed by atoms with Crippen LogP contribution in [0.2, 0.25) is 0 Å². The molecule has 0 radical (unpaired) electrons. The molecule has 0 saturated heterocycles. The van der Waals surface area contributed by atoms with Crippen LogP contribution >= 0.6 is 11.3 Å². The number of thiazole rings is 1. The molecule has 140 valence electrons. The molecule has 5 heteroatoms. The van der Waals surface area contributed by atoms with Crippen molar-refractivity contribution in [3.8, 4) is 5.75 Å². The number of rotatable bonds is 6. The summed E-state index contributed by atoms with van der Waals surface area (Å²) >= 11 is 1.56. The number of hydrogen-bond acceptors (Lipinski definition) is 4. The lowest BCUT2D eigenvalue weighted by molar-refractivity contribution is 0.0783. The second-order valence-corrected chi connectivity index (χ2v) is 7.69. The molecule has 0 bridgehead atoms. The summed E-state index contributed by atoms with van der Waals surface area (Å²) in [4.78, 5) is 18.9. The fraction of sp³-hybridized carbons (Fsp3) is 0.273. The van der Waals surface area contributed by atoms with Gasteiger partial charge in [0.1, 0.15) is 17.4 Å². The molecule has 0 atom stereocenters. The number of carbonyl (C=O) groups excluding carboxylic acids is 1. The number of benzene rings is 2. The van der Waals surface area contributed by atoms with Crippen LogP contribution < -0.4 is 4.74 Å². The van der Waals surface area contributed by atoms with Crippen LogP contribution in [-0.2, 0) is 13.2 Å². The van der Waals surface area contributed by atoms with Gasteiger partial charge in [-0.2, -0.15) is 0 Å². The van der Waals surface area contributed by atoms with Gasteiger partial charge in [-0.05, 0) is 50.1 Å². The van der Waals surface area contributed by atoms with Crippen LogP contribution in [0.5, 0.6) is 5.75 Å². The Labute approximate surface area is 164 Å². The number of carbonyl (C=O) groups is 1. The molecule has 4 nitrogen and oxygen atoms in total. The van der Waals surface area contributed by atoms with Gasteiger partial charge in [-0.3, -0.25) is 4.79 Å². The van der Waals surface area contributed by atoms with E-state index in [9.17, 15) is 4.79 Å². The quantitative estimate of drug-likeness (QED) is 0.610. The zero-order valence-corrected chi connectivity index (χ0v) is 17.0. The molecule has 0 aliphatic carbocycles. The number of nitrogens with zero attached hydrogens (tertiary/aromatic N) is 2. The minimum absolute atomic E-state index is 0.000106. The number of ether oxygens (including phenoxy) is 1. The summed E-state index contributed by atoms with van der Waals surface area (Å²) in [6.45, 7) is 7.03. The molecule has 0 unspecified atom stereocenters. The first-order valence-electron chi connectivity index (χ1n) is 8.88.